The predicted molar refractivity (Wildman–Crippen MR) is 166 cm³/mol. The van der Waals surface area contributed by atoms with Crippen molar-refractivity contribution in [2.45, 2.75) is 31.6 Å². The number of ether oxygens (including phenoxy) is 1. The van der Waals surface area contributed by atoms with Crippen LogP contribution in [-0.4, -0.2) is 42.5 Å². The summed E-state index contributed by atoms with van der Waals surface area (Å²) in [7, 11) is -3.91. The molecule has 1 atom stereocenters. The first kappa shape index (κ1) is 28.5. The lowest BCUT2D eigenvalue weighted by atomic mass is 10.0. The van der Waals surface area contributed by atoms with Crippen LogP contribution in [-0.2, 0) is 15.8 Å². The van der Waals surface area contributed by atoms with Crippen LogP contribution in [0.3, 0.4) is 0 Å². The third-order valence-corrected chi connectivity index (χ3v) is 8.53. The molecule has 0 aliphatic carbocycles. The smallest absolute Gasteiger partial charge is 0.237 e. The Morgan fingerprint density at radius 2 is 1.86 bits per heavy atom. The maximum Gasteiger partial charge on any atom is 0.237 e. The molecule has 6 rings (SSSR count). The Hall–Kier alpha value is -4.61. The number of fused-ring (bicyclic) bond motifs is 1. The van der Waals surface area contributed by atoms with E-state index in [4.69, 9.17) is 9.72 Å². The van der Waals surface area contributed by atoms with Crippen molar-refractivity contribution in [3.8, 4) is 22.9 Å². The summed E-state index contributed by atoms with van der Waals surface area (Å²) < 4.78 is 49.3. The zero-order valence-corrected chi connectivity index (χ0v) is 24.4. The molecular formula is C32H31FN6O3S. The molecule has 3 aromatic carbocycles. The highest BCUT2D eigenvalue weighted by molar-refractivity contribution is 7.91. The monoisotopic (exact) mass is 598 g/mol. The Labute approximate surface area is 249 Å². The Morgan fingerprint density at radius 3 is 2.70 bits per heavy atom. The second-order valence-electron chi connectivity index (χ2n) is 10.5. The number of hydrogen-bond acceptors (Lipinski definition) is 8. The maximum absolute atomic E-state index is 14.2. The molecule has 220 valence electrons. The third-order valence-electron chi connectivity index (χ3n) is 7.31. The number of nitrogens with one attached hydrogen (secondary N) is 3. The average Bonchev–Trinajstić information content (AvgIpc) is 3.00. The Kier molecular flexibility index (Phi) is 8.17. The molecule has 1 fully saturated rings. The van der Waals surface area contributed by atoms with Gasteiger partial charge in [0.15, 0.2) is 0 Å². The summed E-state index contributed by atoms with van der Waals surface area (Å²) in [6.45, 7) is 3.79. The lowest BCUT2D eigenvalue weighted by molar-refractivity contribution is 0.466. The minimum Gasteiger partial charge on any atom is -0.437 e. The van der Waals surface area contributed by atoms with Crippen LogP contribution in [0.4, 0.5) is 16.0 Å². The SMILES string of the molecule is Cc1ccc2c(NS(=O)(=O)Cc3ccccc3F)cccc2c1Oc1ncccc1-c1ccnc(N[C@H]2CCCNC2)n1. The van der Waals surface area contributed by atoms with E-state index in [1.807, 2.05) is 43.3 Å². The van der Waals surface area contributed by atoms with Crippen LogP contribution >= 0.6 is 0 Å². The van der Waals surface area contributed by atoms with Gasteiger partial charge in [0.1, 0.15) is 11.6 Å². The first-order valence-corrected chi connectivity index (χ1v) is 15.7. The van der Waals surface area contributed by atoms with Gasteiger partial charge in [0.25, 0.3) is 0 Å². The highest BCUT2D eigenvalue weighted by Crippen LogP contribution is 2.39. The van der Waals surface area contributed by atoms with Gasteiger partial charge in [-0.15, -0.1) is 0 Å². The zero-order chi connectivity index (χ0) is 29.8. The Morgan fingerprint density at radius 1 is 0.977 bits per heavy atom. The van der Waals surface area contributed by atoms with Crippen molar-refractivity contribution in [3.05, 3.63) is 102 Å². The van der Waals surface area contributed by atoms with Gasteiger partial charge in [-0.3, -0.25) is 4.72 Å². The molecule has 1 aliphatic rings. The van der Waals surface area contributed by atoms with Gasteiger partial charge in [0.2, 0.25) is 21.9 Å². The molecule has 0 saturated carbocycles. The largest absolute Gasteiger partial charge is 0.437 e. The minimum absolute atomic E-state index is 0.0938. The van der Waals surface area contributed by atoms with Crippen LogP contribution in [0.25, 0.3) is 22.0 Å². The van der Waals surface area contributed by atoms with Crippen molar-refractivity contribution >= 4 is 32.4 Å². The fraction of sp³-hybridized carbons (Fsp3) is 0.219. The summed E-state index contributed by atoms with van der Waals surface area (Å²) in [5.41, 5.74) is 2.64. The van der Waals surface area contributed by atoms with Gasteiger partial charge in [-0.05, 0) is 62.2 Å². The van der Waals surface area contributed by atoms with Crippen molar-refractivity contribution in [2.75, 3.05) is 23.1 Å². The molecule has 0 radical (unpaired) electrons. The van der Waals surface area contributed by atoms with Gasteiger partial charge < -0.3 is 15.4 Å². The van der Waals surface area contributed by atoms with Crippen molar-refractivity contribution in [1.29, 1.82) is 0 Å². The second kappa shape index (κ2) is 12.3. The van der Waals surface area contributed by atoms with Gasteiger partial charge in [-0.1, -0.05) is 42.5 Å². The summed E-state index contributed by atoms with van der Waals surface area (Å²) in [5.74, 6) is 0.367. The topological polar surface area (TPSA) is 118 Å². The van der Waals surface area contributed by atoms with E-state index in [0.29, 0.717) is 45.3 Å². The highest BCUT2D eigenvalue weighted by atomic mass is 32.2. The number of piperidine rings is 1. The molecular weight excluding hydrogens is 567 g/mol. The van der Waals surface area contributed by atoms with Crippen molar-refractivity contribution in [1.82, 2.24) is 20.3 Å². The van der Waals surface area contributed by atoms with E-state index in [2.05, 4.69) is 25.3 Å². The Balaban J connectivity index is 1.30. The summed E-state index contributed by atoms with van der Waals surface area (Å²) in [4.78, 5) is 13.7. The summed E-state index contributed by atoms with van der Waals surface area (Å²) >= 11 is 0. The molecule has 43 heavy (non-hydrogen) atoms. The number of nitrogens with zero attached hydrogens (tertiary/aromatic N) is 3. The van der Waals surface area contributed by atoms with Crippen molar-refractivity contribution in [3.63, 3.8) is 0 Å². The van der Waals surface area contributed by atoms with Crippen LogP contribution in [0.2, 0.25) is 0 Å². The fourth-order valence-corrected chi connectivity index (χ4v) is 6.42. The second-order valence-corrected chi connectivity index (χ2v) is 12.2. The van der Waals surface area contributed by atoms with E-state index in [-0.39, 0.29) is 11.6 Å². The fourth-order valence-electron chi connectivity index (χ4n) is 5.19. The number of halogens is 1. The quantitative estimate of drug-likeness (QED) is 0.188. The van der Waals surface area contributed by atoms with Crippen molar-refractivity contribution < 1.29 is 17.5 Å². The molecule has 3 N–H and O–H groups in total. The normalized spacial score (nSPS) is 15.3. The number of rotatable bonds is 9. The molecule has 3 heterocycles. The van der Waals surface area contributed by atoms with Crippen LogP contribution in [0.5, 0.6) is 11.6 Å². The molecule has 0 spiro atoms. The molecule has 11 heteroatoms. The summed E-state index contributed by atoms with van der Waals surface area (Å²) in [6, 6.07) is 20.6. The van der Waals surface area contributed by atoms with Gasteiger partial charge in [0.05, 0.1) is 22.7 Å². The number of aryl methyl sites for hydroxylation is 1. The van der Waals surface area contributed by atoms with E-state index >= 15 is 0 Å². The number of anilines is 2. The van der Waals surface area contributed by atoms with E-state index in [9.17, 15) is 12.8 Å². The lowest BCUT2D eigenvalue weighted by Crippen LogP contribution is -2.38. The third kappa shape index (κ3) is 6.58. The summed E-state index contributed by atoms with van der Waals surface area (Å²) in [5, 5.41) is 8.12. The number of aromatic nitrogens is 3. The van der Waals surface area contributed by atoms with Gasteiger partial charge in [-0.25, -0.2) is 27.8 Å². The van der Waals surface area contributed by atoms with Gasteiger partial charge >= 0.3 is 0 Å². The zero-order valence-electron chi connectivity index (χ0n) is 23.5. The molecule has 9 nitrogen and oxygen atoms in total. The number of hydrogen-bond donors (Lipinski definition) is 3. The van der Waals surface area contributed by atoms with Gasteiger partial charge in [0, 0.05) is 41.3 Å². The first-order valence-electron chi connectivity index (χ1n) is 14.1. The summed E-state index contributed by atoms with van der Waals surface area (Å²) in [6.07, 6.45) is 5.50. The van der Waals surface area contributed by atoms with Crippen LogP contribution in [0.15, 0.2) is 85.2 Å². The predicted octanol–water partition coefficient (Wildman–Crippen LogP) is 6.04. The molecule has 0 amide bonds. The van der Waals surface area contributed by atoms with Crippen LogP contribution < -0.4 is 20.1 Å². The number of pyridine rings is 1. The van der Waals surface area contributed by atoms with Crippen LogP contribution in [0, 0.1) is 12.7 Å². The molecule has 1 saturated heterocycles. The molecule has 2 aromatic heterocycles. The number of sulfonamides is 1. The van der Waals surface area contributed by atoms with E-state index < -0.39 is 21.6 Å². The highest BCUT2D eigenvalue weighted by Gasteiger charge is 2.19. The molecule has 0 bridgehead atoms. The van der Waals surface area contributed by atoms with Crippen LogP contribution in [0.1, 0.15) is 24.0 Å². The maximum atomic E-state index is 14.2. The molecule has 1 aliphatic heterocycles. The van der Waals surface area contributed by atoms with Crippen molar-refractivity contribution in [2.24, 2.45) is 0 Å². The minimum atomic E-state index is -3.91. The van der Waals surface area contributed by atoms with E-state index in [1.54, 1.807) is 30.6 Å². The van der Waals surface area contributed by atoms with E-state index in [1.165, 1.54) is 18.2 Å². The average molecular weight is 599 g/mol. The standard InChI is InChI=1S/C32H31FN6O3S/c1-21-13-14-24-25(9-4-12-29(24)39-43(40,41)20-22-7-2-3-11-27(22)33)30(21)42-31-26(10-6-17-35-31)28-15-18-36-32(38-28)37-23-8-5-16-34-19-23/h2-4,6-7,9-15,17-18,23,34,39H,5,8,16,19-20H2,1H3,(H,36,37,38)/t23-/m0/s1. The lowest BCUT2D eigenvalue weighted by Gasteiger charge is -2.23. The first-order chi connectivity index (χ1) is 20.9. The van der Waals surface area contributed by atoms with E-state index in [0.717, 1.165) is 31.5 Å². The molecule has 5 aromatic rings. The molecule has 0 unspecified atom stereocenters. The van der Waals surface area contributed by atoms with Gasteiger partial charge in [-0.2, -0.15) is 0 Å². The Bertz CT molecular complexity index is 1880. The number of benzene rings is 3.